The van der Waals surface area contributed by atoms with Crippen molar-refractivity contribution in [3.05, 3.63) is 28.8 Å². The first-order valence-corrected chi connectivity index (χ1v) is 8.16. The van der Waals surface area contributed by atoms with Crippen LogP contribution in [-0.4, -0.2) is 27.5 Å². The summed E-state index contributed by atoms with van der Waals surface area (Å²) in [5.41, 5.74) is -1.16. The maximum atomic E-state index is 12.8. The van der Waals surface area contributed by atoms with Crippen molar-refractivity contribution in [2.45, 2.75) is 30.0 Å². The number of piperidine rings is 1. The van der Waals surface area contributed by atoms with Gasteiger partial charge in [-0.3, -0.25) is 0 Å². The van der Waals surface area contributed by atoms with Crippen LogP contribution >= 0.6 is 24.0 Å². The minimum atomic E-state index is -4.70. The van der Waals surface area contributed by atoms with E-state index in [-0.39, 0.29) is 18.4 Å². The van der Waals surface area contributed by atoms with E-state index in [9.17, 15) is 21.6 Å². The summed E-state index contributed by atoms with van der Waals surface area (Å²) in [6.45, 7) is 1.26. The van der Waals surface area contributed by atoms with E-state index in [0.717, 1.165) is 25.1 Å². The van der Waals surface area contributed by atoms with Crippen molar-refractivity contribution >= 4 is 34.0 Å². The van der Waals surface area contributed by atoms with E-state index < -0.39 is 31.7 Å². The molecule has 1 atom stereocenters. The lowest BCUT2D eigenvalue weighted by molar-refractivity contribution is -0.137. The van der Waals surface area contributed by atoms with Crippen molar-refractivity contribution in [3.63, 3.8) is 0 Å². The van der Waals surface area contributed by atoms with Crippen LogP contribution in [-0.2, 0) is 16.2 Å². The molecule has 0 spiro atoms. The van der Waals surface area contributed by atoms with Gasteiger partial charge in [-0.25, -0.2) is 13.1 Å². The largest absolute Gasteiger partial charge is 0.417 e. The van der Waals surface area contributed by atoms with Crippen LogP contribution < -0.4 is 10.0 Å². The normalized spacial score (nSPS) is 19.5. The molecule has 0 saturated carbocycles. The Labute approximate surface area is 137 Å². The Balaban J connectivity index is 0.00000242. The molecule has 1 fully saturated rings. The standard InChI is InChI=1S/C12H14ClF3N2O2S.ClH/c13-11-4-3-9(6-10(11)12(14,15)16)21(19,20)18-8-2-1-5-17-7-8;/h3-4,6,8,17-18H,1-2,5,7H2;1H/t8-;/m1./s1. The number of hydrogen-bond acceptors (Lipinski definition) is 3. The summed E-state index contributed by atoms with van der Waals surface area (Å²) in [6, 6.07) is 2.24. The highest BCUT2D eigenvalue weighted by Crippen LogP contribution is 2.35. The molecule has 0 bridgehead atoms. The van der Waals surface area contributed by atoms with E-state index in [1.807, 2.05) is 0 Å². The number of halogens is 5. The van der Waals surface area contributed by atoms with Crippen molar-refractivity contribution in [3.8, 4) is 0 Å². The smallest absolute Gasteiger partial charge is 0.315 e. The average molecular weight is 379 g/mol. The summed E-state index contributed by atoms with van der Waals surface area (Å²) in [7, 11) is -4.01. The van der Waals surface area contributed by atoms with E-state index in [2.05, 4.69) is 10.0 Å². The third kappa shape index (κ3) is 4.73. The topological polar surface area (TPSA) is 58.2 Å². The van der Waals surface area contributed by atoms with Crippen LogP contribution in [0.15, 0.2) is 23.1 Å². The Morgan fingerprint density at radius 1 is 1.32 bits per heavy atom. The van der Waals surface area contributed by atoms with Gasteiger partial charge in [-0.15, -0.1) is 12.4 Å². The molecule has 4 nitrogen and oxygen atoms in total. The Hall–Kier alpha value is -0.540. The minimum absolute atomic E-state index is 0. The molecular formula is C12H15Cl2F3N2O2S. The van der Waals surface area contributed by atoms with Crippen molar-refractivity contribution in [2.24, 2.45) is 0 Å². The fourth-order valence-corrected chi connectivity index (χ4v) is 3.65. The molecule has 126 valence electrons. The van der Waals surface area contributed by atoms with Crippen LogP contribution in [0.25, 0.3) is 0 Å². The average Bonchev–Trinajstić information content (AvgIpc) is 2.38. The van der Waals surface area contributed by atoms with Gasteiger partial charge in [0, 0.05) is 12.6 Å². The second kappa shape index (κ2) is 7.35. The molecule has 1 heterocycles. The number of sulfonamides is 1. The first-order valence-electron chi connectivity index (χ1n) is 6.30. The zero-order valence-corrected chi connectivity index (χ0v) is 13.7. The zero-order chi connectivity index (χ0) is 15.7. The summed E-state index contributed by atoms with van der Waals surface area (Å²) in [5, 5.41) is 2.50. The zero-order valence-electron chi connectivity index (χ0n) is 11.3. The lowest BCUT2D eigenvalue weighted by Gasteiger charge is -2.23. The van der Waals surface area contributed by atoms with E-state index in [1.54, 1.807) is 0 Å². The van der Waals surface area contributed by atoms with Gasteiger partial charge >= 0.3 is 6.18 Å². The molecule has 2 rings (SSSR count). The summed E-state index contributed by atoms with van der Waals surface area (Å²) < 4.78 is 65.0. The summed E-state index contributed by atoms with van der Waals surface area (Å²) >= 11 is 5.48. The first kappa shape index (κ1) is 19.5. The van der Waals surface area contributed by atoms with Gasteiger partial charge < -0.3 is 5.32 Å². The predicted molar refractivity (Wildman–Crippen MR) is 79.9 cm³/mol. The van der Waals surface area contributed by atoms with Crippen LogP contribution in [0.3, 0.4) is 0 Å². The van der Waals surface area contributed by atoms with Crippen LogP contribution in [0.5, 0.6) is 0 Å². The lowest BCUT2D eigenvalue weighted by atomic mass is 10.1. The Kier molecular flexibility index (Phi) is 6.52. The number of hydrogen-bond donors (Lipinski definition) is 2. The van der Waals surface area contributed by atoms with E-state index >= 15 is 0 Å². The van der Waals surface area contributed by atoms with Gasteiger partial charge in [0.25, 0.3) is 0 Å². The molecule has 1 aromatic rings. The van der Waals surface area contributed by atoms with E-state index in [4.69, 9.17) is 11.6 Å². The molecule has 1 aromatic carbocycles. The molecule has 10 heteroatoms. The van der Waals surface area contributed by atoms with Gasteiger partial charge in [0.1, 0.15) is 0 Å². The van der Waals surface area contributed by atoms with Crippen molar-refractivity contribution < 1.29 is 21.6 Å². The fraction of sp³-hybridized carbons (Fsp3) is 0.500. The van der Waals surface area contributed by atoms with Gasteiger partial charge in [-0.2, -0.15) is 13.2 Å². The molecule has 1 saturated heterocycles. The SMILES string of the molecule is Cl.O=S(=O)(N[C@@H]1CCCNC1)c1ccc(Cl)c(C(F)(F)F)c1. The van der Waals surface area contributed by atoms with E-state index in [1.165, 1.54) is 0 Å². The van der Waals surface area contributed by atoms with Gasteiger partial charge in [0.2, 0.25) is 10.0 Å². The van der Waals surface area contributed by atoms with Crippen molar-refractivity contribution in [2.75, 3.05) is 13.1 Å². The molecular weight excluding hydrogens is 364 g/mol. The molecule has 0 unspecified atom stereocenters. The molecule has 0 radical (unpaired) electrons. The second-order valence-corrected chi connectivity index (χ2v) is 6.93. The minimum Gasteiger partial charge on any atom is -0.315 e. The van der Waals surface area contributed by atoms with Crippen LogP contribution in [0.4, 0.5) is 13.2 Å². The number of rotatable bonds is 3. The van der Waals surface area contributed by atoms with Gasteiger partial charge in [0.05, 0.1) is 15.5 Å². The van der Waals surface area contributed by atoms with Crippen molar-refractivity contribution in [1.82, 2.24) is 10.0 Å². The summed E-state index contributed by atoms with van der Waals surface area (Å²) in [4.78, 5) is -0.440. The number of nitrogens with one attached hydrogen (secondary N) is 2. The molecule has 2 N–H and O–H groups in total. The van der Waals surface area contributed by atoms with Crippen LogP contribution in [0.2, 0.25) is 5.02 Å². The quantitative estimate of drug-likeness (QED) is 0.849. The molecule has 0 aliphatic carbocycles. The molecule has 0 aromatic heterocycles. The monoisotopic (exact) mass is 378 g/mol. The van der Waals surface area contributed by atoms with Crippen LogP contribution in [0.1, 0.15) is 18.4 Å². The second-order valence-electron chi connectivity index (χ2n) is 4.80. The van der Waals surface area contributed by atoms with Gasteiger partial charge in [-0.05, 0) is 37.6 Å². The number of benzene rings is 1. The summed E-state index contributed by atoms with van der Waals surface area (Å²) in [6.07, 6.45) is -3.25. The third-order valence-corrected chi connectivity index (χ3v) is 5.02. The number of alkyl halides is 3. The van der Waals surface area contributed by atoms with Gasteiger partial charge in [0.15, 0.2) is 0 Å². The highest BCUT2D eigenvalue weighted by atomic mass is 35.5. The molecule has 1 aliphatic heterocycles. The Morgan fingerprint density at radius 3 is 2.55 bits per heavy atom. The Morgan fingerprint density at radius 2 is 2.00 bits per heavy atom. The highest BCUT2D eigenvalue weighted by Gasteiger charge is 2.34. The van der Waals surface area contributed by atoms with Crippen LogP contribution in [0, 0.1) is 0 Å². The third-order valence-electron chi connectivity index (χ3n) is 3.17. The lowest BCUT2D eigenvalue weighted by Crippen LogP contribution is -2.45. The Bertz CT molecular complexity index is 617. The van der Waals surface area contributed by atoms with Gasteiger partial charge in [-0.1, -0.05) is 11.6 Å². The van der Waals surface area contributed by atoms with E-state index in [0.29, 0.717) is 19.0 Å². The predicted octanol–water partition coefficient (Wildman–Crippen LogP) is 2.81. The summed E-state index contributed by atoms with van der Waals surface area (Å²) in [5.74, 6) is 0. The fourth-order valence-electron chi connectivity index (χ4n) is 2.13. The maximum Gasteiger partial charge on any atom is 0.417 e. The molecule has 0 amide bonds. The maximum absolute atomic E-state index is 12.8. The molecule has 22 heavy (non-hydrogen) atoms. The first-order chi connectivity index (χ1) is 9.70. The highest BCUT2D eigenvalue weighted by molar-refractivity contribution is 7.89. The molecule has 1 aliphatic rings. The van der Waals surface area contributed by atoms with Crippen molar-refractivity contribution in [1.29, 1.82) is 0 Å².